The van der Waals surface area contributed by atoms with Crippen LogP contribution in [0.5, 0.6) is 5.88 Å². The van der Waals surface area contributed by atoms with E-state index in [1.165, 1.54) is 0 Å². The van der Waals surface area contributed by atoms with Crippen molar-refractivity contribution in [2.45, 2.75) is 57.7 Å². The first-order chi connectivity index (χ1) is 16.7. The van der Waals surface area contributed by atoms with Gasteiger partial charge in [0.05, 0.1) is 25.7 Å². The molecule has 3 amide bonds. The first-order valence-corrected chi connectivity index (χ1v) is 12.4. The third-order valence-electron chi connectivity index (χ3n) is 6.63. The number of pyridine rings is 1. The van der Waals surface area contributed by atoms with Crippen LogP contribution in [0.2, 0.25) is 0 Å². The molecule has 0 bridgehead atoms. The second-order valence-electron chi connectivity index (χ2n) is 10.1. The zero-order valence-electron chi connectivity index (χ0n) is 21.6. The zero-order chi connectivity index (χ0) is 25.5. The van der Waals surface area contributed by atoms with Gasteiger partial charge in [0, 0.05) is 37.3 Å². The smallest absolute Gasteiger partial charge is 0.317 e. The molecule has 3 rings (SSSR count). The van der Waals surface area contributed by atoms with Gasteiger partial charge in [0.2, 0.25) is 5.88 Å². The molecule has 9 heteroatoms. The van der Waals surface area contributed by atoms with Crippen LogP contribution in [0.1, 0.15) is 55.5 Å². The molecule has 1 aromatic rings. The average molecular weight is 486 g/mol. The van der Waals surface area contributed by atoms with Gasteiger partial charge in [0.25, 0.3) is 5.91 Å². The molecule has 2 aliphatic rings. The van der Waals surface area contributed by atoms with E-state index >= 15 is 0 Å². The van der Waals surface area contributed by atoms with E-state index in [1.807, 2.05) is 32.8 Å². The lowest BCUT2D eigenvalue weighted by molar-refractivity contribution is 0.0351. The van der Waals surface area contributed by atoms with Crippen LogP contribution in [-0.4, -0.2) is 102 Å². The predicted molar refractivity (Wildman–Crippen MR) is 134 cm³/mol. The number of fused-ring (bicyclic) bond motifs is 1. The van der Waals surface area contributed by atoms with E-state index in [1.54, 1.807) is 29.1 Å². The molecule has 0 aromatic carbocycles. The van der Waals surface area contributed by atoms with E-state index in [0.717, 1.165) is 25.7 Å². The largest absolute Gasteiger partial charge is 0.472 e. The maximum atomic E-state index is 13.5. The summed E-state index contributed by atoms with van der Waals surface area (Å²) in [6.07, 6.45) is 5.55. The van der Waals surface area contributed by atoms with E-state index in [4.69, 9.17) is 4.74 Å². The van der Waals surface area contributed by atoms with Crippen molar-refractivity contribution >= 4 is 11.9 Å². The fraction of sp³-hybridized carbons (Fsp3) is 0.654. The van der Waals surface area contributed by atoms with Crippen LogP contribution in [0, 0.1) is 17.8 Å². The monoisotopic (exact) mass is 485 g/mol. The van der Waals surface area contributed by atoms with Crippen LogP contribution in [0.4, 0.5) is 4.79 Å². The van der Waals surface area contributed by atoms with Crippen molar-refractivity contribution in [1.82, 2.24) is 25.0 Å². The molecule has 1 fully saturated rings. The molecule has 1 aromatic heterocycles. The molecule has 0 spiro atoms. The summed E-state index contributed by atoms with van der Waals surface area (Å²) in [4.78, 5) is 35.9. The number of nitrogens with one attached hydrogen (secondary N) is 1. The molecule has 1 aliphatic carbocycles. The van der Waals surface area contributed by atoms with Crippen molar-refractivity contribution in [3.8, 4) is 17.7 Å². The van der Waals surface area contributed by atoms with Crippen molar-refractivity contribution in [3.63, 3.8) is 0 Å². The Labute approximate surface area is 208 Å². The fourth-order valence-electron chi connectivity index (χ4n) is 4.40. The molecule has 1 aliphatic heterocycles. The number of carbonyl (C=O) groups excluding carboxylic acids is 2. The maximum Gasteiger partial charge on any atom is 0.317 e. The topological polar surface area (TPSA) is 98.2 Å². The molecular weight excluding hydrogens is 446 g/mol. The highest BCUT2D eigenvalue weighted by Gasteiger charge is 2.35. The summed E-state index contributed by atoms with van der Waals surface area (Å²) in [5.41, 5.74) is 0.939. The van der Waals surface area contributed by atoms with Crippen molar-refractivity contribution in [2.24, 2.45) is 5.92 Å². The second-order valence-corrected chi connectivity index (χ2v) is 10.1. The van der Waals surface area contributed by atoms with E-state index in [9.17, 15) is 14.7 Å². The van der Waals surface area contributed by atoms with E-state index in [2.05, 4.69) is 22.1 Å². The van der Waals surface area contributed by atoms with Crippen LogP contribution in [0.15, 0.2) is 12.3 Å². The lowest BCUT2D eigenvalue weighted by atomic mass is 10.00. The molecule has 1 saturated carbocycles. The third-order valence-corrected chi connectivity index (χ3v) is 6.63. The Balaban J connectivity index is 1.85. The minimum Gasteiger partial charge on any atom is -0.472 e. The van der Waals surface area contributed by atoms with Gasteiger partial charge in [-0.25, -0.2) is 9.78 Å². The highest BCUT2D eigenvalue weighted by Crippen LogP contribution is 2.27. The number of nitrogens with zero attached hydrogens (tertiary/aromatic N) is 4. The minimum absolute atomic E-state index is 0.0933. The number of ether oxygens (including phenoxy) is 1. The van der Waals surface area contributed by atoms with Crippen molar-refractivity contribution in [1.29, 1.82) is 0 Å². The van der Waals surface area contributed by atoms with Gasteiger partial charge < -0.3 is 25.0 Å². The van der Waals surface area contributed by atoms with Crippen LogP contribution < -0.4 is 10.1 Å². The quantitative estimate of drug-likeness (QED) is 0.597. The van der Waals surface area contributed by atoms with Gasteiger partial charge in [0.15, 0.2) is 0 Å². The lowest BCUT2D eigenvalue weighted by Gasteiger charge is -2.37. The molecule has 2 heterocycles. The van der Waals surface area contributed by atoms with Crippen molar-refractivity contribution in [2.75, 3.05) is 47.4 Å². The molecule has 9 nitrogen and oxygen atoms in total. The van der Waals surface area contributed by atoms with E-state index in [0.29, 0.717) is 30.8 Å². The Morgan fingerprint density at radius 1 is 1.34 bits per heavy atom. The summed E-state index contributed by atoms with van der Waals surface area (Å²) in [6.45, 7) is 4.98. The van der Waals surface area contributed by atoms with Crippen LogP contribution in [-0.2, 0) is 0 Å². The summed E-state index contributed by atoms with van der Waals surface area (Å²) < 4.78 is 6.27. The van der Waals surface area contributed by atoms with Gasteiger partial charge in [-0.1, -0.05) is 31.6 Å². The number of aromatic nitrogens is 1. The van der Waals surface area contributed by atoms with Gasteiger partial charge in [-0.3, -0.25) is 9.69 Å². The zero-order valence-corrected chi connectivity index (χ0v) is 21.6. The highest BCUT2D eigenvalue weighted by molar-refractivity contribution is 5.97. The number of urea groups is 1. The standard InChI is InChI=1S/C26H39N5O4/c1-18-15-31(19(2)17-32)25(33)22-13-20(9-8-12-29(3)4)14-27-24(22)35-23(18)16-30(5)26(34)28-21-10-6-7-11-21/h13-14,18-19,21,23,32H,6-7,10-12,15-17H2,1-5H3,(H,28,34)/t18-,19-,23-/m1/s1. The number of carbonyl (C=O) groups is 2. The first-order valence-electron chi connectivity index (χ1n) is 12.4. The fourth-order valence-corrected chi connectivity index (χ4v) is 4.40. The molecule has 0 saturated heterocycles. The Hall–Kier alpha value is -2.83. The van der Waals surface area contributed by atoms with Crippen LogP contribution >= 0.6 is 0 Å². The Morgan fingerprint density at radius 2 is 2.06 bits per heavy atom. The second kappa shape index (κ2) is 12.2. The van der Waals surface area contributed by atoms with Gasteiger partial charge in [-0.05, 0) is 39.9 Å². The molecular formula is C26H39N5O4. The summed E-state index contributed by atoms with van der Waals surface area (Å²) in [5, 5.41) is 12.9. The number of amides is 3. The number of hydrogen-bond acceptors (Lipinski definition) is 6. The van der Waals surface area contributed by atoms with E-state index < -0.39 is 0 Å². The number of likely N-dealkylation sites (N-methyl/N-ethyl adjacent to an activating group) is 1. The molecule has 0 unspecified atom stereocenters. The minimum atomic E-state index is -0.382. The maximum absolute atomic E-state index is 13.5. The third kappa shape index (κ3) is 7.09. The summed E-state index contributed by atoms with van der Waals surface area (Å²) in [5.74, 6) is 6.00. The summed E-state index contributed by atoms with van der Waals surface area (Å²) in [6, 6.07) is 1.44. The number of aliphatic hydroxyl groups is 1. The molecule has 35 heavy (non-hydrogen) atoms. The lowest BCUT2D eigenvalue weighted by Crippen LogP contribution is -2.52. The van der Waals surface area contributed by atoms with Crippen LogP contribution in [0.25, 0.3) is 0 Å². The Bertz CT molecular complexity index is 951. The Kier molecular flexibility index (Phi) is 9.35. The van der Waals surface area contributed by atoms with Crippen LogP contribution in [0.3, 0.4) is 0 Å². The highest BCUT2D eigenvalue weighted by atomic mass is 16.5. The van der Waals surface area contributed by atoms with Gasteiger partial charge in [-0.2, -0.15) is 0 Å². The van der Waals surface area contributed by atoms with E-state index in [-0.39, 0.29) is 48.5 Å². The van der Waals surface area contributed by atoms with Crippen molar-refractivity contribution in [3.05, 3.63) is 23.4 Å². The first kappa shape index (κ1) is 26.8. The average Bonchev–Trinajstić information content (AvgIpc) is 3.33. The normalized spacial score (nSPS) is 21.3. The number of rotatable bonds is 6. The molecule has 0 radical (unpaired) electrons. The van der Waals surface area contributed by atoms with Gasteiger partial charge in [0.1, 0.15) is 11.7 Å². The predicted octanol–water partition coefficient (Wildman–Crippen LogP) is 1.80. The van der Waals surface area contributed by atoms with Crippen molar-refractivity contribution < 1.29 is 19.4 Å². The molecule has 3 atom stereocenters. The SMILES string of the molecule is C[C@@H]1CN([C@H](C)CO)C(=O)c2cc(C#CCN(C)C)cnc2O[C@@H]1CN(C)C(=O)NC1CCCC1. The summed E-state index contributed by atoms with van der Waals surface area (Å²) >= 11 is 0. The Morgan fingerprint density at radius 3 is 2.71 bits per heavy atom. The van der Waals surface area contributed by atoms with Gasteiger partial charge in [-0.15, -0.1) is 0 Å². The summed E-state index contributed by atoms with van der Waals surface area (Å²) in [7, 11) is 5.63. The number of aliphatic hydroxyl groups excluding tert-OH is 1. The number of hydrogen-bond donors (Lipinski definition) is 2. The van der Waals surface area contributed by atoms with Gasteiger partial charge >= 0.3 is 6.03 Å². The molecule has 192 valence electrons. The molecule has 2 N–H and O–H groups in total.